The summed E-state index contributed by atoms with van der Waals surface area (Å²) in [5.41, 5.74) is 0.543. The molecule has 0 unspecified atom stereocenters. The molecule has 1 aromatic heterocycles. The summed E-state index contributed by atoms with van der Waals surface area (Å²) in [5.74, 6) is -0.0137. The molecular weight excluding hydrogens is 434 g/mol. The van der Waals surface area contributed by atoms with Gasteiger partial charge in [0.25, 0.3) is 0 Å². The molecule has 2 amide bonds. The number of hydrogen-bond donors (Lipinski definition) is 0. The predicted octanol–water partition coefficient (Wildman–Crippen LogP) is 3.79. The van der Waals surface area contributed by atoms with Crippen LogP contribution in [0.1, 0.15) is 36.1 Å². The van der Waals surface area contributed by atoms with Gasteiger partial charge in [-0.1, -0.05) is 51.1 Å². The van der Waals surface area contributed by atoms with Crippen LogP contribution in [-0.4, -0.2) is 72.5 Å². The van der Waals surface area contributed by atoms with Gasteiger partial charge >= 0.3 is 0 Å². The molecular formula is C26H37N3O3S. The third kappa shape index (κ3) is 7.95. The van der Waals surface area contributed by atoms with E-state index in [0.717, 1.165) is 43.3 Å². The van der Waals surface area contributed by atoms with Crippen molar-refractivity contribution in [1.82, 2.24) is 14.7 Å². The van der Waals surface area contributed by atoms with Gasteiger partial charge in [-0.2, -0.15) is 0 Å². The van der Waals surface area contributed by atoms with E-state index >= 15 is 0 Å². The quantitative estimate of drug-likeness (QED) is 0.558. The number of carbonyl (C=O) groups is 2. The predicted molar refractivity (Wildman–Crippen MR) is 133 cm³/mol. The Bertz CT molecular complexity index is 901. The highest BCUT2D eigenvalue weighted by atomic mass is 32.1. The molecule has 2 heterocycles. The summed E-state index contributed by atoms with van der Waals surface area (Å²) < 4.78 is 5.44. The van der Waals surface area contributed by atoms with Crippen LogP contribution in [0.2, 0.25) is 0 Å². The first-order valence-corrected chi connectivity index (χ1v) is 12.5. The summed E-state index contributed by atoms with van der Waals surface area (Å²) in [5, 5.41) is 0. The largest absolute Gasteiger partial charge is 0.379 e. The number of amides is 2. The lowest BCUT2D eigenvalue weighted by molar-refractivity contribution is -0.146. The molecule has 2 aromatic rings. The highest BCUT2D eigenvalue weighted by Gasteiger charge is 2.30. The second kappa shape index (κ2) is 11.8. The number of rotatable bonds is 9. The normalized spacial score (nSPS) is 14.8. The van der Waals surface area contributed by atoms with Crippen molar-refractivity contribution in [2.24, 2.45) is 5.41 Å². The fraction of sp³-hybridized carbons (Fsp3) is 0.538. The Kier molecular flexibility index (Phi) is 9.06. The molecule has 1 saturated heterocycles. The van der Waals surface area contributed by atoms with E-state index in [-0.39, 0.29) is 18.4 Å². The van der Waals surface area contributed by atoms with Gasteiger partial charge in [0, 0.05) is 47.9 Å². The monoisotopic (exact) mass is 471 g/mol. The maximum atomic E-state index is 13.6. The van der Waals surface area contributed by atoms with Crippen molar-refractivity contribution in [3.8, 4) is 0 Å². The zero-order valence-corrected chi connectivity index (χ0v) is 21.2. The highest BCUT2D eigenvalue weighted by Crippen LogP contribution is 2.21. The van der Waals surface area contributed by atoms with Gasteiger partial charge in [0.1, 0.15) is 0 Å². The van der Waals surface area contributed by atoms with E-state index in [0.29, 0.717) is 19.6 Å². The van der Waals surface area contributed by atoms with Gasteiger partial charge in [0.15, 0.2) is 0 Å². The van der Waals surface area contributed by atoms with Gasteiger partial charge in [0.2, 0.25) is 11.8 Å². The summed E-state index contributed by atoms with van der Waals surface area (Å²) in [6, 6.07) is 14.2. The molecule has 7 heteroatoms. The minimum Gasteiger partial charge on any atom is -0.379 e. The average Bonchev–Trinajstić information content (AvgIpc) is 3.21. The molecule has 6 nitrogen and oxygen atoms in total. The molecule has 0 N–H and O–H groups in total. The second-order valence-electron chi connectivity index (χ2n) is 9.68. The number of ether oxygens (including phenoxy) is 1. The topological polar surface area (TPSA) is 53.1 Å². The minimum atomic E-state index is -0.541. The zero-order chi connectivity index (χ0) is 23.8. The van der Waals surface area contributed by atoms with Crippen molar-refractivity contribution in [1.29, 1.82) is 0 Å². The minimum absolute atomic E-state index is 0.00994. The van der Waals surface area contributed by atoms with E-state index in [1.165, 1.54) is 4.88 Å². The van der Waals surface area contributed by atoms with Crippen molar-refractivity contribution in [3.05, 3.63) is 57.8 Å². The maximum Gasteiger partial charge on any atom is 0.242 e. The number of nitrogens with zero attached hydrogens (tertiary/aromatic N) is 3. The first-order valence-electron chi connectivity index (χ1n) is 11.7. The zero-order valence-electron chi connectivity index (χ0n) is 20.4. The molecule has 0 aliphatic carbocycles. The van der Waals surface area contributed by atoms with E-state index in [9.17, 15) is 9.59 Å². The fourth-order valence-electron chi connectivity index (χ4n) is 3.87. The number of thiophene rings is 1. The Morgan fingerprint density at radius 1 is 1.00 bits per heavy atom. The molecule has 1 aromatic carbocycles. The average molecular weight is 472 g/mol. The molecule has 0 atom stereocenters. The van der Waals surface area contributed by atoms with Gasteiger partial charge in [-0.05, 0) is 24.6 Å². The smallest absolute Gasteiger partial charge is 0.242 e. The Hall–Kier alpha value is -2.22. The lowest BCUT2D eigenvalue weighted by atomic mass is 9.94. The number of aryl methyl sites for hydroxylation is 1. The molecule has 0 spiro atoms. The molecule has 180 valence electrons. The highest BCUT2D eigenvalue weighted by molar-refractivity contribution is 7.11. The van der Waals surface area contributed by atoms with E-state index in [1.54, 1.807) is 16.2 Å². The van der Waals surface area contributed by atoms with Crippen LogP contribution in [-0.2, 0) is 27.4 Å². The summed E-state index contributed by atoms with van der Waals surface area (Å²) in [6.45, 7) is 13.4. The molecule has 3 rings (SSSR count). The number of benzene rings is 1. The molecule has 0 saturated carbocycles. The van der Waals surface area contributed by atoms with E-state index in [4.69, 9.17) is 4.74 Å². The van der Waals surface area contributed by atoms with Crippen LogP contribution in [0.15, 0.2) is 42.5 Å². The Morgan fingerprint density at radius 2 is 1.70 bits per heavy atom. The lowest BCUT2D eigenvalue weighted by Crippen LogP contribution is -2.49. The van der Waals surface area contributed by atoms with E-state index in [2.05, 4.69) is 24.0 Å². The second-order valence-corrected chi connectivity index (χ2v) is 11.1. The molecule has 33 heavy (non-hydrogen) atoms. The summed E-state index contributed by atoms with van der Waals surface area (Å²) in [4.78, 5) is 35.1. The summed E-state index contributed by atoms with van der Waals surface area (Å²) >= 11 is 1.71. The summed E-state index contributed by atoms with van der Waals surface area (Å²) in [7, 11) is 0. The summed E-state index contributed by atoms with van der Waals surface area (Å²) in [6.07, 6.45) is 0. The van der Waals surface area contributed by atoms with E-state index in [1.807, 2.05) is 56.0 Å². The van der Waals surface area contributed by atoms with Crippen LogP contribution in [0.3, 0.4) is 0 Å². The number of hydrogen-bond acceptors (Lipinski definition) is 5. The molecule has 0 radical (unpaired) electrons. The lowest BCUT2D eigenvalue weighted by Gasteiger charge is -2.34. The van der Waals surface area contributed by atoms with Crippen molar-refractivity contribution in [2.45, 2.75) is 40.8 Å². The number of carbonyl (C=O) groups excluding carboxylic acids is 2. The first-order chi connectivity index (χ1) is 15.7. The maximum absolute atomic E-state index is 13.6. The van der Waals surface area contributed by atoms with Crippen molar-refractivity contribution >= 4 is 23.2 Å². The molecule has 1 aliphatic rings. The van der Waals surface area contributed by atoms with Crippen LogP contribution in [0.5, 0.6) is 0 Å². The standard InChI is InChI=1S/C26H37N3O3S/c1-21-10-11-23(33-21)19-29(18-22-8-6-5-7-9-22)24(30)20-28(25(31)26(2,3)4)13-12-27-14-16-32-17-15-27/h5-11H,12-20H2,1-4H3. The van der Waals surface area contributed by atoms with E-state index < -0.39 is 5.41 Å². The SMILES string of the molecule is Cc1ccc(CN(Cc2ccccc2)C(=O)CN(CCN2CCOCC2)C(=O)C(C)(C)C)s1. The van der Waals surface area contributed by atoms with Crippen molar-refractivity contribution < 1.29 is 14.3 Å². The molecule has 1 fully saturated rings. The van der Waals surface area contributed by atoms with Crippen molar-refractivity contribution in [3.63, 3.8) is 0 Å². The molecule has 1 aliphatic heterocycles. The van der Waals surface area contributed by atoms with Gasteiger partial charge < -0.3 is 14.5 Å². The van der Waals surface area contributed by atoms with Gasteiger partial charge in [-0.25, -0.2) is 0 Å². The Morgan fingerprint density at radius 3 is 2.30 bits per heavy atom. The Labute approximate surface area is 202 Å². The third-order valence-corrected chi connectivity index (χ3v) is 6.74. The third-order valence-electron chi connectivity index (χ3n) is 5.76. The fourth-order valence-corrected chi connectivity index (χ4v) is 4.78. The number of morpholine rings is 1. The van der Waals surface area contributed by atoms with Crippen LogP contribution >= 0.6 is 11.3 Å². The molecule has 0 bridgehead atoms. The van der Waals surface area contributed by atoms with Crippen molar-refractivity contribution in [2.75, 3.05) is 45.9 Å². The first kappa shape index (κ1) is 25.4. The van der Waals surface area contributed by atoms with Crippen LogP contribution in [0.4, 0.5) is 0 Å². The Balaban J connectivity index is 1.74. The van der Waals surface area contributed by atoms with Gasteiger partial charge in [0.05, 0.1) is 26.3 Å². The van der Waals surface area contributed by atoms with Crippen LogP contribution < -0.4 is 0 Å². The van der Waals surface area contributed by atoms with Gasteiger partial charge in [-0.15, -0.1) is 11.3 Å². The van der Waals surface area contributed by atoms with Crippen LogP contribution in [0.25, 0.3) is 0 Å². The van der Waals surface area contributed by atoms with Gasteiger partial charge in [-0.3, -0.25) is 14.5 Å². The van der Waals surface area contributed by atoms with Crippen LogP contribution in [0, 0.1) is 12.3 Å².